The van der Waals surface area contributed by atoms with Crippen molar-refractivity contribution in [1.82, 2.24) is 5.32 Å². The monoisotopic (exact) mass is 312 g/mol. The lowest BCUT2D eigenvalue weighted by molar-refractivity contribution is -0.384. The summed E-state index contributed by atoms with van der Waals surface area (Å²) in [7, 11) is 0. The van der Waals surface area contributed by atoms with Crippen LogP contribution >= 0.6 is 11.6 Å². The molecule has 0 spiro atoms. The third-order valence-electron chi connectivity index (χ3n) is 3.63. The molecule has 0 heterocycles. The van der Waals surface area contributed by atoms with Crippen molar-refractivity contribution >= 4 is 29.2 Å². The van der Waals surface area contributed by atoms with E-state index in [0.29, 0.717) is 12.8 Å². The van der Waals surface area contributed by atoms with Gasteiger partial charge in [0.2, 0.25) is 0 Å². The van der Waals surface area contributed by atoms with Gasteiger partial charge in [0, 0.05) is 12.1 Å². The molecule has 8 heteroatoms. The summed E-state index contributed by atoms with van der Waals surface area (Å²) in [6.45, 7) is 0. The molecule has 0 aliphatic heterocycles. The lowest BCUT2D eigenvalue weighted by Gasteiger charge is -2.25. The van der Waals surface area contributed by atoms with Gasteiger partial charge in [0.15, 0.2) is 0 Å². The molecule has 1 amide bonds. The van der Waals surface area contributed by atoms with Crippen LogP contribution in [0.1, 0.15) is 36.0 Å². The number of carbonyl (C=O) groups excluding carboxylic acids is 1. The van der Waals surface area contributed by atoms with Gasteiger partial charge in [-0.25, -0.2) is 4.79 Å². The van der Waals surface area contributed by atoms with Gasteiger partial charge in [-0.2, -0.15) is 0 Å². The maximum atomic E-state index is 12.2. The fourth-order valence-electron chi connectivity index (χ4n) is 2.46. The van der Waals surface area contributed by atoms with Gasteiger partial charge < -0.3 is 10.4 Å². The zero-order valence-corrected chi connectivity index (χ0v) is 11.7. The first kappa shape index (κ1) is 15.2. The summed E-state index contributed by atoms with van der Waals surface area (Å²) in [5, 5.41) is 22.4. The van der Waals surface area contributed by atoms with Crippen LogP contribution in [0.3, 0.4) is 0 Å². The summed E-state index contributed by atoms with van der Waals surface area (Å²) >= 11 is 5.87. The van der Waals surface area contributed by atoms with E-state index in [1.54, 1.807) is 0 Å². The van der Waals surface area contributed by atoms with Crippen molar-refractivity contribution < 1.29 is 19.6 Å². The summed E-state index contributed by atoms with van der Waals surface area (Å²) in [5.74, 6) is -1.72. The van der Waals surface area contributed by atoms with Crippen LogP contribution in [0.5, 0.6) is 0 Å². The van der Waals surface area contributed by atoms with E-state index >= 15 is 0 Å². The van der Waals surface area contributed by atoms with E-state index < -0.39 is 22.3 Å². The molecule has 0 aromatic heterocycles. The van der Waals surface area contributed by atoms with Crippen molar-refractivity contribution in [1.29, 1.82) is 0 Å². The van der Waals surface area contributed by atoms with Crippen LogP contribution in [-0.4, -0.2) is 27.4 Å². The molecule has 1 aliphatic carbocycles. The first-order valence-electron chi connectivity index (χ1n) is 6.35. The van der Waals surface area contributed by atoms with Gasteiger partial charge in [-0.05, 0) is 18.9 Å². The number of nitro groups is 1. The van der Waals surface area contributed by atoms with Crippen molar-refractivity contribution in [2.75, 3.05) is 0 Å². The van der Waals surface area contributed by atoms with E-state index in [9.17, 15) is 24.8 Å². The molecular formula is C13H13ClN2O5. The lowest BCUT2D eigenvalue weighted by atomic mass is 9.97. The minimum absolute atomic E-state index is 0.0230. The van der Waals surface area contributed by atoms with Gasteiger partial charge >= 0.3 is 5.97 Å². The van der Waals surface area contributed by atoms with Crippen molar-refractivity contribution in [3.63, 3.8) is 0 Å². The van der Waals surface area contributed by atoms with Crippen molar-refractivity contribution in [3.05, 3.63) is 38.9 Å². The smallest absolute Gasteiger partial charge is 0.329 e. The Morgan fingerprint density at radius 3 is 2.43 bits per heavy atom. The number of carboxylic acid groups (broad SMARTS) is 1. The minimum Gasteiger partial charge on any atom is -0.480 e. The molecule has 2 N–H and O–H groups in total. The Morgan fingerprint density at radius 1 is 1.33 bits per heavy atom. The van der Waals surface area contributed by atoms with E-state index in [-0.39, 0.29) is 16.3 Å². The van der Waals surface area contributed by atoms with Gasteiger partial charge in [-0.15, -0.1) is 0 Å². The summed E-state index contributed by atoms with van der Waals surface area (Å²) < 4.78 is 0. The fraction of sp³-hybridized carbons (Fsp3) is 0.385. The van der Waals surface area contributed by atoms with Gasteiger partial charge in [0.1, 0.15) is 5.54 Å². The maximum Gasteiger partial charge on any atom is 0.329 e. The van der Waals surface area contributed by atoms with Gasteiger partial charge in [-0.3, -0.25) is 14.9 Å². The molecule has 0 bridgehead atoms. The Kier molecular flexibility index (Phi) is 4.13. The molecular weight excluding hydrogens is 300 g/mol. The minimum atomic E-state index is -1.28. The number of benzene rings is 1. The topological polar surface area (TPSA) is 110 Å². The molecule has 0 radical (unpaired) electrons. The van der Waals surface area contributed by atoms with Crippen LogP contribution in [0.15, 0.2) is 18.2 Å². The molecule has 21 heavy (non-hydrogen) atoms. The number of carboxylic acids is 1. The maximum absolute atomic E-state index is 12.2. The molecule has 7 nitrogen and oxygen atoms in total. The van der Waals surface area contributed by atoms with Crippen LogP contribution in [0, 0.1) is 10.1 Å². The summed E-state index contributed by atoms with van der Waals surface area (Å²) in [6, 6.07) is 3.45. The first-order chi connectivity index (χ1) is 9.85. The molecule has 0 saturated heterocycles. The molecule has 0 unspecified atom stereocenters. The summed E-state index contributed by atoms with van der Waals surface area (Å²) in [4.78, 5) is 33.6. The Labute approximate surface area is 125 Å². The zero-order valence-electron chi connectivity index (χ0n) is 11.0. The van der Waals surface area contributed by atoms with Crippen LogP contribution in [-0.2, 0) is 4.79 Å². The first-order valence-corrected chi connectivity index (χ1v) is 6.73. The molecule has 0 atom stereocenters. The van der Waals surface area contributed by atoms with Crippen molar-refractivity contribution in [2.24, 2.45) is 0 Å². The Bertz CT molecular complexity index is 611. The second-order valence-corrected chi connectivity index (χ2v) is 5.38. The predicted octanol–water partition coefficient (Wildman–Crippen LogP) is 2.38. The number of nitrogens with zero attached hydrogens (tertiary/aromatic N) is 1. The van der Waals surface area contributed by atoms with Gasteiger partial charge in [-0.1, -0.05) is 24.4 Å². The van der Waals surface area contributed by atoms with E-state index in [4.69, 9.17) is 11.6 Å². The number of aliphatic carboxylic acids is 1. The van der Waals surface area contributed by atoms with E-state index in [2.05, 4.69) is 5.32 Å². The van der Waals surface area contributed by atoms with Gasteiger partial charge in [0.25, 0.3) is 11.6 Å². The number of nitro benzene ring substituents is 1. The number of rotatable bonds is 4. The van der Waals surface area contributed by atoms with Crippen molar-refractivity contribution in [3.8, 4) is 0 Å². The van der Waals surface area contributed by atoms with E-state index in [1.807, 2.05) is 0 Å². The normalized spacial score (nSPS) is 16.4. The SMILES string of the molecule is O=C(NC1(C(=O)O)CCCC1)c1ccc([N+](=O)[O-])cc1Cl. The van der Waals surface area contributed by atoms with E-state index in [1.165, 1.54) is 6.07 Å². The van der Waals surface area contributed by atoms with Crippen LogP contribution < -0.4 is 5.32 Å². The summed E-state index contributed by atoms with van der Waals surface area (Å²) in [6.07, 6.45) is 2.17. The average molecular weight is 313 g/mol. The molecule has 1 aromatic rings. The third kappa shape index (κ3) is 2.97. The Balaban J connectivity index is 2.24. The molecule has 2 rings (SSSR count). The molecule has 112 valence electrons. The van der Waals surface area contributed by atoms with E-state index in [0.717, 1.165) is 25.0 Å². The van der Waals surface area contributed by atoms with Crippen molar-refractivity contribution in [2.45, 2.75) is 31.2 Å². The number of amides is 1. The molecule has 1 aromatic carbocycles. The Morgan fingerprint density at radius 2 is 1.95 bits per heavy atom. The van der Waals surface area contributed by atoms with Gasteiger partial charge in [0.05, 0.1) is 15.5 Å². The molecule has 1 fully saturated rings. The second kappa shape index (κ2) is 5.69. The second-order valence-electron chi connectivity index (χ2n) is 4.97. The highest BCUT2D eigenvalue weighted by Crippen LogP contribution is 2.31. The number of hydrogen-bond acceptors (Lipinski definition) is 4. The molecule has 1 aliphatic rings. The van der Waals surface area contributed by atoms with Crippen LogP contribution in [0.25, 0.3) is 0 Å². The largest absolute Gasteiger partial charge is 0.480 e. The number of non-ortho nitro benzene ring substituents is 1. The highest BCUT2D eigenvalue weighted by Gasteiger charge is 2.42. The number of nitrogens with one attached hydrogen (secondary N) is 1. The highest BCUT2D eigenvalue weighted by atomic mass is 35.5. The van der Waals surface area contributed by atoms with Crippen LogP contribution in [0.4, 0.5) is 5.69 Å². The number of carbonyl (C=O) groups is 2. The average Bonchev–Trinajstić information content (AvgIpc) is 2.88. The number of hydrogen-bond donors (Lipinski definition) is 2. The quantitative estimate of drug-likeness (QED) is 0.655. The standard InChI is InChI=1S/C13H13ClN2O5/c14-10-7-8(16(20)21)3-4-9(10)11(17)15-13(12(18)19)5-1-2-6-13/h3-4,7H,1-2,5-6H2,(H,15,17)(H,18,19). The zero-order chi connectivity index (χ0) is 15.6. The fourth-order valence-corrected chi connectivity index (χ4v) is 2.72. The van der Waals surface area contributed by atoms with Crippen LogP contribution in [0.2, 0.25) is 5.02 Å². The molecule has 1 saturated carbocycles. The highest BCUT2D eigenvalue weighted by molar-refractivity contribution is 6.34. The third-order valence-corrected chi connectivity index (χ3v) is 3.94. The predicted molar refractivity (Wildman–Crippen MR) is 74.4 cm³/mol. The lowest BCUT2D eigenvalue weighted by Crippen LogP contribution is -2.52. The number of halogens is 1. The summed E-state index contributed by atoms with van der Waals surface area (Å²) in [5.41, 5.74) is -1.48. The Hall–Kier alpha value is -2.15.